The highest BCUT2D eigenvalue weighted by atomic mass is 32.1. The molecule has 2 aliphatic rings. The van der Waals surface area contributed by atoms with Gasteiger partial charge in [0, 0.05) is 17.3 Å². The van der Waals surface area contributed by atoms with Gasteiger partial charge in [-0.1, -0.05) is 6.42 Å². The first-order valence-corrected chi connectivity index (χ1v) is 7.02. The zero-order valence-corrected chi connectivity index (χ0v) is 10.4. The van der Waals surface area contributed by atoms with Gasteiger partial charge in [-0.3, -0.25) is 4.79 Å². The highest BCUT2D eigenvalue weighted by Gasteiger charge is 2.34. The molecule has 0 N–H and O–H groups in total. The number of carbonyl (C=O) groups excluding carboxylic acids is 1. The fraction of sp³-hybridized carbons (Fsp3) is 0.615. The summed E-state index contributed by atoms with van der Waals surface area (Å²) >= 11 is 1.83. The molecule has 1 saturated carbocycles. The van der Waals surface area contributed by atoms with Crippen LogP contribution in [0.3, 0.4) is 0 Å². The van der Waals surface area contributed by atoms with Gasteiger partial charge in [0.15, 0.2) is 0 Å². The maximum Gasteiger partial charge on any atom is 0.226 e. The quantitative estimate of drug-likeness (QED) is 0.733. The lowest BCUT2D eigenvalue weighted by Crippen LogP contribution is -2.43. The van der Waals surface area contributed by atoms with Gasteiger partial charge in [0.1, 0.15) is 0 Å². The van der Waals surface area contributed by atoms with Gasteiger partial charge < -0.3 is 4.90 Å². The van der Waals surface area contributed by atoms with Crippen LogP contribution in [0, 0.1) is 5.92 Å². The number of rotatable bonds is 1. The molecule has 0 radical (unpaired) electrons. The fourth-order valence-electron chi connectivity index (χ4n) is 2.70. The molecule has 1 aromatic rings. The largest absolute Gasteiger partial charge is 0.335 e. The lowest BCUT2D eigenvalue weighted by molar-refractivity contribution is -0.140. The topological polar surface area (TPSA) is 20.3 Å². The second kappa shape index (κ2) is 3.88. The summed E-state index contributed by atoms with van der Waals surface area (Å²) < 4.78 is 0. The predicted molar refractivity (Wildman–Crippen MR) is 65.5 cm³/mol. The van der Waals surface area contributed by atoms with E-state index in [0.29, 0.717) is 17.9 Å². The maximum absolute atomic E-state index is 12.3. The third-order valence-corrected chi connectivity index (χ3v) is 5.01. The van der Waals surface area contributed by atoms with E-state index >= 15 is 0 Å². The number of nitrogens with zero attached hydrogens (tertiary/aromatic N) is 1. The second-order valence-corrected chi connectivity index (χ2v) is 5.89. The van der Waals surface area contributed by atoms with E-state index in [-0.39, 0.29) is 0 Å². The van der Waals surface area contributed by atoms with Crippen molar-refractivity contribution in [2.24, 2.45) is 5.92 Å². The average molecular weight is 235 g/mol. The highest BCUT2D eigenvalue weighted by Crippen LogP contribution is 2.36. The molecule has 3 heteroatoms. The molecule has 16 heavy (non-hydrogen) atoms. The summed E-state index contributed by atoms with van der Waals surface area (Å²) in [7, 11) is 0. The molecule has 0 bridgehead atoms. The van der Waals surface area contributed by atoms with Crippen LogP contribution in [0.1, 0.15) is 42.7 Å². The molecule has 1 aliphatic heterocycles. The molecule has 0 aromatic carbocycles. The third kappa shape index (κ3) is 1.49. The fourth-order valence-corrected chi connectivity index (χ4v) is 3.66. The van der Waals surface area contributed by atoms with E-state index in [0.717, 1.165) is 25.8 Å². The number of fused-ring (bicyclic) bond motifs is 1. The van der Waals surface area contributed by atoms with Crippen molar-refractivity contribution >= 4 is 17.2 Å². The Kier molecular flexibility index (Phi) is 2.51. The smallest absolute Gasteiger partial charge is 0.226 e. The van der Waals surface area contributed by atoms with Crippen molar-refractivity contribution in [1.82, 2.24) is 4.90 Å². The number of hydrogen-bond acceptors (Lipinski definition) is 2. The van der Waals surface area contributed by atoms with Crippen molar-refractivity contribution in [3.8, 4) is 0 Å². The minimum absolute atomic E-state index is 0.295. The first-order chi connectivity index (χ1) is 7.77. The third-order valence-electron chi connectivity index (χ3n) is 4.01. The molecular formula is C13H17NOS. The Morgan fingerprint density at radius 3 is 3.00 bits per heavy atom. The molecular weight excluding hydrogens is 218 g/mol. The van der Waals surface area contributed by atoms with E-state index in [1.165, 1.54) is 16.9 Å². The lowest BCUT2D eigenvalue weighted by Gasteiger charge is -2.38. The van der Waals surface area contributed by atoms with Crippen molar-refractivity contribution in [2.45, 2.75) is 38.6 Å². The van der Waals surface area contributed by atoms with E-state index in [1.54, 1.807) is 0 Å². The van der Waals surface area contributed by atoms with Crippen molar-refractivity contribution in [2.75, 3.05) is 6.54 Å². The van der Waals surface area contributed by atoms with E-state index in [9.17, 15) is 4.79 Å². The Balaban J connectivity index is 1.81. The summed E-state index contributed by atoms with van der Waals surface area (Å²) in [5.41, 5.74) is 1.38. The predicted octanol–water partition coefficient (Wildman–Crippen LogP) is 2.99. The molecule has 1 amide bonds. The van der Waals surface area contributed by atoms with Crippen molar-refractivity contribution < 1.29 is 4.79 Å². The van der Waals surface area contributed by atoms with E-state index < -0.39 is 0 Å². The Morgan fingerprint density at radius 1 is 1.50 bits per heavy atom. The van der Waals surface area contributed by atoms with Crippen LogP contribution in [0.4, 0.5) is 0 Å². The van der Waals surface area contributed by atoms with Crippen LogP contribution >= 0.6 is 11.3 Å². The van der Waals surface area contributed by atoms with Crippen molar-refractivity contribution in [3.63, 3.8) is 0 Å². The number of amides is 1. The summed E-state index contributed by atoms with van der Waals surface area (Å²) in [5.74, 6) is 0.734. The molecule has 86 valence electrons. The number of carbonyl (C=O) groups is 1. The summed E-state index contributed by atoms with van der Waals surface area (Å²) in [5, 5.41) is 2.15. The molecule has 1 aromatic heterocycles. The Morgan fingerprint density at radius 2 is 2.31 bits per heavy atom. The first-order valence-electron chi connectivity index (χ1n) is 6.14. The Labute approximate surface area is 100 Å². The molecule has 0 saturated heterocycles. The molecule has 1 aliphatic carbocycles. The standard InChI is InChI=1S/C13H17NOS/c1-9-11-6-8-16-12(11)5-7-14(9)13(15)10-3-2-4-10/h6,8-10H,2-5,7H2,1H3/t9-/m1/s1. The normalized spacial score (nSPS) is 25.1. The summed E-state index contributed by atoms with van der Waals surface area (Å²) in [6.07, 6.45) is 4.51. The molecule has 1 fully saturated rings. The van der Waals surface area contributed by atoms with Gasteiger partial charge in [-0.15, -0.1) is 11.3 Å². The summed E-state index contributed by atoms with van der Waals surface area (Å²) in [6, 6.07) is 2.48. The molecule has 0 unspecified atom stereocenters. The summed E-state index contributed by atoms with van der Waals surface area (Å²) in [4.78, 5) is 15.8. The van der Waals surface area contributed by atoms with Crippen LogP contribution < -0.4 is 0 Å². The van der Waals surface area contributed by atoms with Gasteiger partial charge in [0.2, 0.25) is 5.91 Å². The lowest BCUT2D eigenvalue weighted by atomic mass is 9.83. The summed E-state index contributed by atoms with van der Waals surface area (Å²) in [6.45, 7) is 3.09. The monoisotopic (exact) mass is 235 g/mol. The molecule has 0 spiro atoms. The van der Waals surface area contributed by atoms with Crippen LogP contribution in [0.15, 0.2) is 11.4 Å². The maximum atomic E-state index is 12.3. The molecule has 1 atom stereocenters. The van der Waals surface area contributed by atoms with E-state index in [1.807, 2.05) is 11.3 Å². The molecule has 3 rings (SSSR count). The SMILES string of the molecule is C[C@@H]1c2ccsc2CCN1C(=O)C1CCC1. The van der Waals surface area contributed by atoms with Crippen LogP contribution in [0.5, 0.6) is 0 Å². The first kappa shape index (κ1) is 10.3. The van der Waals surface area contributed by atoms with Crippen LogP contribution in [-0.2, 0) is 11.2 Å². The van der Waals surface area contributed by atoms with Crippen LogP contribution in [0.25, 0.3) is 0 Å². The van der Waals surface area contributed by atoms with Crippen LogP contribution in [-0.4, -0.2) is 17.4 Å². The number of hydrogen-bond donors (Lipinski definition) is 0. The van der Waals surface area contributed by atoms with Gasteiger partial charge in [-0.25, -0.2) is 0 Å². The van der Waals surface area contributed by atoms with Gasteiger partial charge in [0.25, 0.3) is 0 Å². The zero-order valence-electron chi connectivity index (χ0n) is 9.61. The number of thiophene rings is 1. The highest BCUT2D eigenvalue weighted by molar-refractivity contribution is 7.10. The van der Waals surface area contributed by atoms with Gasteiger partial charge in [0.05, 0.1) is 6.04 Å². The Hall–Kier alpha value is -0.830. The van der Waals surface area contributed by atoms with Gasteiger partial charge in [-0.05, 0) is 43.2 Å². The second-order valence-electron chi connectivity index (χ2n) is 4.88. The van der Waals surface area contributed by atoms with Gasteiger partial charge >= 0.3 is 0 Å². The minimum Gasteiger partial charge on any atom is -0.335 e. The van der Waals surface area contributed by atoms with E-state index in [4.69, 9.17) is 0 Å². The molecule has 2 nitrogen and oxygen atoms in total. The van der Waals surface area contributed by atoms with Crippen molar-refractivity contribution in [3.05, 3.63) is 21.9 Å². The Bertz CT molecular complexity index is 408. The zero-order chi connectivity index (χ0) is 11.1. The van der Waals surface area contributed by atoms with E-state index in [2.05, 4.69) is 23.3 Å². The van der Waals surface area contributed by atoms with Crippen LogP contribution in [0.2, 0.25) is 0 Å². The molecule has 2 heterocycles. The average Bonchev–Trinajstić information content (AvgIpc) is 2.63. The minimum atomic E-state index is 0.295. The van der Waals surface area contributed by atoms with Crippen molar-refractivity contribution in [1.29, 1.82) is 0 Å². The van der Waals surface area contributed by atoms with Gasteiger partial charge in [-0.2, -0.15) is 0 Å².